The molecule has 804 valence electrons. The van der Waals surface area contributed by atoms with Gasteiger partial charge in [0.1, 0.15) is 0 Å². The van der Waals surface area contributed by atoms with E-state index in [1.807, 2.05) is 0 Å². The molecule has 0 bridgehead atoms. The van der Waals surface area contributed by atoms with Gasteiger partial charge in [-0.1, -0.05) is 551 Å². The first-order chi connectivity index (χ1) is 69.9. The maximum absolute atomic E-state index is 2.49. The Kier molecular flexibility index (Phi) is 55.6. The van der Waals surface area contributed by atoms with Crippen LogP contribution >= 0.6 is 0 Å². The highest BCUT2D eigenvalue weighted by Gasteiger charge is 2.34. The van der Waals surface area contributed by atoms with E-state index in [2.05, 4.69) is 152 Å². The van der Waals surface area contributed by atoms with Crippen LogP contribution in [0.3, 0.4) is 0 Å². The summed E-state index contributed by atoms with van der Waals surface area (Å²) in [5.74, 6) is 24.2. The predicted octanol–water partition coefficient (Wildman–Crippen LogP) is 45.9. The van der Waals surface area contributed by atoms with Crippen LogP contribution in [0.1, 0.15) is 650 Å². The van der Waals surface area contributed by atoms with Crippen molar-refractivity contribution in [3.63, 3.8) is 0 Å². The smallest absolute Gasteiger partial charge is 0.0162 e. The number of hydrogen-bond acceptors (Lipinski definition) is 0. The fraction of sp³-hybridized carbons (Fsp3) is 0.831. The number of hydrogen-bond donors (Lipinski definition) is 0. The SMILES string of the molecule is CCCCC1CCC(CCC2CCC(CCc3ccc(C4CCC(CC)CC4)cc3)CC2)CC1.CCCCC1CCC(CCC2CCC(CCc3ccc(C4CCC(CCC)CC4)cc3)CC2)CC1.CCCCC1CCC(CCC2CCC(CCc3ccc(C4CCC(CCCC)CC4)cc3)CC2)CC1.CCCCCC1CCC(c2ccc(CCC3CCC(CCC4CCC(CCCC)CC4)CC3)cc2)CC1. The molecule has 0 unspecified atom stereocenters. The van der Waals surface area contributed by atoms with Crippen LogP contribution in [0, 0.1) is 118 Å². The van der Waals surface area contributed by atoms with Crippen molar-refractivity contribution in [2.75, 3.05) is 0 Å². The molecule has 12 aliphatic rings. The average Bonchev–Trinajstić information content (AvgIpc) is 0.850. The van der Waals surface area contributed by atoms with Gasteiger partial charge in [0.2, 0.25) is 0 Å². The molecule has 0 aromatic heterocycles. The van der Waals surface area contributed by atoms with Gasteiger partial charge in [0, 0.05) is 0 Å². The normalized spacial score (nSPS) is 31.7. The van der Waals surface area contributed by atoms with Gasteiger partial charge in [-0.15, -0.1) is 0 Å². The maximum atomic E-state index is 2.49. The van der Waals surface area contributed by atoms with Gasteiger partial charge in [-0.05, 0) is 341 Å². The molecule has 12 fully saturated rings. The van der Waals surface area contributed by atoms with Crippen molar-refractivity contribution in [3.8, 4) is 0 Å². The minimum atomic E-state index is 0.836. The van der Waals surface area contributed by atoms with Crippen LogP contribution in [0.2, 0.25) is 0 Å². The number of unbranched alkanes of at least 4 members (excludes halogenated alkanes) is 7. The molecule has 12 saturated carbocycles. The van der Waals surface area contributed by atoms with E-state index >= 15 is 0 Å². The molecule has 142 heavy (non-hydrogen) atoms. The van der Waals surface area contributed by atoms with Gasteiger partial charge in [-0.25, -0.2) is 0 Å². The molecule has 4 aromatic rings. The molecule has 0 N–H and O–H groups in total. The number of benzene rings is 4. The molecule has 16 rings (SSSR count). The fourth-order valence-electron chi connectivity index (χ4n) is 32.5. The van der Waals surface area contributed by atoms with E-state index in [1.54, 1.807) is 199 Å². The van der Waals surface area contributed by atoms with Crippen LogP contribution in [0.25, 0.3) is 0 Å². The third-order valence-electron chi connectivity index (χ3n) is 43.5. The summed E-state index contributed by atoms with van der Waals surface area (Å²) in [5.41, 5.74) is 12.9. The van der Waals surface area contributed by atoms with Crippen LogP contribution in [0.15, 0.2) is 97.1 Å². The summed E-state index contributed by atoms with van der Waals surface area (Å²) >= 11 is 0. The lowest BCUT2D eigenvalue weighted by Gasteiger charge is -2.32. The zero-order valence-corrected chi connectivity index (χ0v) is 95.9. The predicted molar refractivity (Wildman–Crippen MR) is 625 cm³/mol. The first kappa shape index (κ1) is 116. The van der Waals surface area contributed by atoms with Gasteiger partial charge in [-0.2, -0.15) is 0 Å². The van der Waals surface area contributed by atoms with Crippen molar-refractivity contribution in [1.82, 2.24) is 0 Å². The highest BCUT2D eigenvalue weighted by Crippen LogP contribution is 2.49. The molecule has 0 atom stereocenters. The average molecular weight is 1940 g/mol. The van der Waals surface area contributed by atoms with Gasteiger partial charge in [0.05, 0.1) is 0 Å². The number of aryl methyl sites for hydroxylation is 4. The summed E-state index contributed by atoms with van der Waals surface area (Å²) in [7, 11) is 0. The minimum absolute atomic E-state index is 0.836. The first-order valence-corrected chi connectivity index (χ1v) is 66.3. The minimum Gasteiger partial charge on any atom is -0.0654 e. The standard InChI is InChI=1S/C37H62.C36H60.C35H58.C34H56/c1-3-5-7-9-31-22-26-36(27-23-31)37-28-24-35(25-29-37)21-20-34-18-16-33(17-19-34)15-14-32-12-10-30(11-13-32)8-6-4-2;1-3-5-7-29-9-11-31(12-10-29)13-14-32-15-17-33(18-16-32)19-20-34-23-27-36(28-24-34)35-25-21-30(22-26-35)8-6-4-2;1-3-5-7-29-8-10-30(11-9-29)12-13-31-14-16-32(17-15-31)18-19-33-22-26-35(27-23-33)34-24-20-28(6-4-2)21-25-34;1-3-5-6-28-7-9-29(10-8-28)11-12-30-13-15-31(16-14-30)17-18-32-21-25-34(26-22-32)33-23-19-27(4-2)20-24-33/h24-25,28-34,36H,3-23,26-27H2,1-2H3;23-24,27-33,35H,3-22,25-26H2,1-2H3;22-23,26-32,34H,3-21,24-25H2,1-2H3;21-22,25-31,33H,3-20,23-24H2,1-2H3. The summed E-state index contributed by atoms with van der Waals surface area (Å²) in [4.78, 5) is 0. The molecule has 0 aliphatic heterocycles. The molecule has 0 nitrogen and oxygen atoms in total. The van der Waals surface area contributed by atoms with Crippen LogP contribution in [-0.2, 0) is 25.7 Å². The maximum Gasteiger partial charge on any atom is -0.0162 e. The van der Waals surface area contributed by atoms with Crippen LogP contribution in [0.4, 0.5) is 0 Å². The Morgan fingerprint density at radius 2 is 0.268 bits per heavy atom. The molecule has 0 heteroatoms. The van der Waals surface area contributed by atoms with Crippen molar-refractivity contribution < 1.29 is 0 Å². The highest BCUT2D eigenvalue weighted by molar-refractivity contribution is 5.30. The van der Waals surface area contributed by atoms with E-state index in [0.717, 1.165) is 142 Å². The number of rotatable bonds is 50. The summed E-state index contributed by atoms with van der Waals surface area (Å²) in [6, 6.07) is 39.6. The summed E-state index contributed by atoms with van der Waals surface area (Å²) < 4.78 is 0. The topological polar surface area (TPSA) is 0 Å². The van der Waals surface area contributed by atoms with Gasteiger partial charge < -0.3 is 0 Å². The van der Waals surface area contributed by atoms with Crippen LogP contribution in [-0.4, -0.2) is 0 Å². The van der Waals surface area contributed by atoms with E-state index < -0.39 is 0 Å². The van der Waals surface area contributed by atoms with Crippen molar-refractivity contribution in [2.45, 2.75) is 631 Å². The second-order valence-corrected chi connectivity index (χ2v) is 53.8. The Bertz CT molecular complexity index is 3660. The Morgan fingerprint density at radius 3 is 0.430 bits per heavy atom. The van der Waals surface area contributed by atoms with E-state index in [1.165, 1.54) is 398 Å². The Labute approximate surface area is 885 Å². The van der Waals surface area contributed by atoms with Gasteiger partial charge in [0.25, 0.3) is 0 Å². The fourth-order valence-corrected chi connectivity index (χ4v) is 32.5. The largest absolute Gasteiger partial charge is 0.0654 e. The van der Waals surface area contributed by atoms with Crippen molar-refractivity contribution in [2.24, 2.45) is 118 Å². The molecule has 0 saturated heterocycles. The third-order valence-corrected chi connectivity index (χ3v) is 43.5. The van der Waals surface area contributed by atoms with Gasteiger partial charge >= 0.3 is 0 Å². The zero-order chi connectivity index (χ0) is 98.6. The molecule has 0 amide bonds. The van der Waals surface area contributed by atoms with Gasteiger partial charge in [0.15, 0.2) is 0 Å². The molecule has 4 aromatic carbocycles. The lowest BCUT2D eigenvalue weighted by atomic mass is 9.74. The lowest BCUT2D eigenvalue weighted by Crippen LogP contribution is -2.18. The van der Waals surface area contributed by atoms with Gasteiger partial charge in [-0.3, -0.25) is 0 Å². The van der Waals surface area contributed by atoms with E-state index in [4.69, 9.17) is 0 Å². The molecular weight excluding hydrogens is 1710 g/mol. The Hall–Kier alpha value is -3.12. The molecule has 0 radical (unpaired) electrons. The van der Waals surface area contributed by atoms with Crippen LogP contribution in [0.5, 0.6) is 0 Å². The Morgan fingerprint density at radius 1 is 0.127 bits per heavy atom. The second kappa shape index (κ2) is 68.0. The van der Waals surface area contributed by atoms with Crippen LogP contribution < -0.4 is 0 Å². The quantitative estimate of drug-likeness (QED) is 0.0387. The summed E-state index contributed by atoms with van der Waals surface area (Å²) in [6.07, 6.45) is 127. The summed E-state index contributed by atoms with van der Waals surface area (Å²) in [6.45, 7) is 18.8. The molecule has 12 aliphatic carbocycles. The third kappa shape index (κ3) is 42.8. The summed E-state index contributed by atoms with van der Waals surface area (Å²) in [5, 5.41) is 0. The molecule has 0 spiro atoms. The lowest BCUT2D eigenvalue weighted by molar-refractivity contribution is 0.209. The zero-order valence-electron chi connectivity index (χ0n) is 95.9. The molecule has 0 heterocycles. The van der Waals surface area contributed by atoms with Crippen molar-refractivity contribution in [1.29, 1.82) is 0 Å². The highest BCUT2D eigenvalue weighted by atomic mass is 14.4. The monoisotopic (exact) mass is 1940 g/mol. The first-order valence-electron chi connectivity index (χ1n) is 66.3. The second-order valence-electron chi connectivity index (χ2n) is 53.8. The van der Waals surface area contributed by atoms with E-state index in [9.17, 15) is 0 Å². The van der Waals surface area contributed by atoms with Crippen molar-refractivity contribution >= 4 is 0 Å². The Balaban J connectivity index is 0.000000159. The van der Waals surface area contributed by atoms with Crippen molar-refractivity contribution in [3.05, 3.63) is 142 Å². The van der Waals surface area contributed by atoms with E-state index in [-0.39, 0.29) is 0 Å². The van der Waals surface area contributed by atoms with E-state index in [0.29, 0.717) is 0 Å². The molecular formula is C142H236.